The zero-order valence-corrected chi connectivity index (χ0v) is 14.5. The van der Waals surface area contributed by atoms with Crippen LogP contribution in [0.4, 0.5) is 0 Å². The van der Waals surface area contributed by atoms with Gasteiger partial charge in [0.15, 0.2) is 0 Å². The summed E-state index contributed by atoms with van der Waals surface area (Å²) in [7, 11) is 0. The molecule has 3 rings (SSSR count). The second-order valence-corrected chi connectivity index (χ2v) is 9.17. The maximum atomic E-state index is 11.2. The average molecular weight is 290 g/mol. The van der Waals surface area contributed by atoms with Crippen LogP contribution in [-0.2, 0) is 0 Å². The third kappa shape index (κ3) is 1.99. The van der Waals surface area contributed by atoms with E-state index in [4.69, 9.17) is 0 Å². The monoisotopic (exact) mass is 290 g/mol. The molecule has 0 aliphatic heterocycles. The summed E-state index contributed by atoms with van der Waals surface area (Å²) in [6.07, 6.45) is 10.8. The molecule has 0 spiro atoms. The van der Waals surface area contributed by atoms with Crippen LogP contribution >= 0.6 is 0 Å². The summed E-state index contributed by atoms with van der Waals surface area (Å²) in [5, 5.41) is 11.2. The maximum Gasteiger partial charge on any atom is 0.0607 e. The Balaban J connectivity index is 2.10. The topological polar surface area (TPSA) is 20.2 Å². The number of aliphatic hydroxyl groups is 1. The van der Waals surface area contributed by atoms with Crippen LogP contribution < -0.4 is 0 Å². The van der Waals surface area contributed by atoms with Crippen molar-refractivity contribution in [3.8, 4) is 0 Å². The Kier molecular flexibility index (Phi) is 3.60. The molecular weight excluding hydrogens is 256 g/mol. The average Bonchev–Trinajstić information content (AvgIpc) is 2.88. The van der Waals surface area contributed by atoms with Crippen LogP contribution in [0.2, 0.25) is 0 Å². The molecule has 1 nitrogen and oxygen atoms in total. The summed E-state index contributed by atoms with van der Waals surface area (Å²) < 4.78 is 0. The van der Waals surface area contributed by atoms with Gasteiger partial charge >= 0.3 is 0 Å². The van der Waals surface area contributed by atoms with Crippen molar-refractivity contribution >= 4 is 0 Å². The fraction of sp³-hybridized carbons (Fsp3) is 0.900. The Morgan fingerprint density at radius 2 is 1.76 bits per heavy atom. The molecule has 3 aliphatic rings. The third-order valence-electron chi connectivity index (χ3n) is 8.31. The molecule has 1 N–H and O–H groups in total. The summed E-state index contributed by atoms with van der Waals surface area (Å²) in [6, 6.07) is 0. The van der Waals surface area contributed by atoms with E-state index in [-0.39, 0.29) is 16.9 Å². The molecule has 1 unspecified atom stereocenters. The lowest BCUT2D eigenvalue weighted by Gasteiger charge is -2.61. The summed E-state index contributed by atoms with van der Waals surface area (Å²) in [4.78, 5) is 0. The van der Waals surface area contributed by atoms with E-state index in [1.807, 2.05) is 0 Å². The molecule has 7 atom stereocenters. The van der Waals surface area contributed by atoms with E-state index in [2.05, 4.69) is 40.3 Å². The molecule has 0 amide bonds. The van der Waals surface area contributed by atoms with Crippen LogP contribution in [0.15, 0.2) is 12.7 Å². The van der Waals surface area contributed by atoms with Gasteiger partial charge in [0.05, 0.1) is 6.10 Å². The zero-order valence-electron chi connectivity index (χ0n) is 14.5. The van der Waals surface area contributed by atoms with Crippen molar-refractivity contribution < 1.29 is 5.11 Å². The Hall–Kier alpha value is -0.300. The summed E-state index contributed by atoms with van der Waals surface area (Å²) in [5.74, 6) is 2.13. The second-order valence-electron chi connectivity index (χ2n) is 9.17. The van der Waals surface area contributed by atoms with Gasteiger partial charge in [0, 0.05) is 0 Å². The highest BCUT2D eigenvalue weighted by Gasteiger charge is 2.62. The molecule has 3 saturated carbocycles. The van der Waals surface area contributed by atoms with Crippen LogP contribution in [0.1, 0.15) is 72.6 Å². The van der Waals surface area contributed by atoms with E-state index in [1.165, 1.54) is 38.5 Å². The number of aliphatic hydroxyl groups excluding tert-OH is 1. The first-order valence-electron chi connectivity index (χ1n) is 9.10. The number of rotatable bonds is 1. The normalized spacial score (nSPS) is 57.2. The van der Waals surface area contributed by atoms with Gasteiger partial charge in [-0.1, -0.05) is 40.2 Å². The van der Waals surface area contributed by atoms with Crippen LogP contribution in [0, 0.1) is 34.0 Å². The molecule has 3 fully saturated rings. The van der Waals surface area contributed by atoms with E-state index < -0.39 is 0 Å². The van der Waals surface area contributed by atoms with E-state index in [9.17, 15) is 5.11 Å². The maximum absolute atomic E-state index is 11.2. The van der Waals surface area contributed by atoms with Gasteiger partial charge in [-0.2, -0.15) is 0 Å². The number of hydrogen-bond acceptors (Lipinski definition) is 1. The lowest BCUT2D eigenvalue weighted by molar-refractivity contribution is -0.160. The van der Waals surface area contributed by atoms with E-state index in [1.54, 1.807) is 0 Å². The Labute approximate surface area is 131 Å². The minimum absolute atomic E-state index is 0.0950. The highest BCUT2D eigenvalue weighted by atomic mass is 16.3. The van der Waals surface area contributed by atoms with Gasteiger partial charge in [-0.25, -0.2) is 0 Å². The molecule has 120 valence electrons. The molecule has 3 aliphatic carbocycles. The molecule has 0 radical (unpaired) electrons. The standard InChI is InChI=1S/C20H34O/c1-6-18(4)12-15(3)20-10-7-8-16(20)19(5,17(21)13-18)14(2)9-11-20/h6,14-17,21H,1,7-13H2,2-5H3/t14?,15-,16-,17+,18-,19+,20+/m0/s1. The number of hydrogen-bond donors (Lipinski definition) is 1. The highest BCUT2D eigenvalue weighted by Crippen LogP contribution is 2.68. The molecule has 0 aromatic carbocycles. The summed E-state index contributed by atoms with van der Waals surface area (Å²) >= 11 is 0. The Bertz CT molecular complexity index is 430. The quantitative estimate of drug-likeness (QED) is 0.659. The van der Waals surface area contributed by atoms with Gasteiger partial charge in [-0.15, -0.1) is 6.58 Å². The van der Waals surface area contributed by atoms with Crippen molar-refractivity contribution in [3.63, 3.8) is 0 Å². The van der Waals surface area contributed by atoms with Crippen molar-refractivity contribution in [2.24, 2.45) is 34.0 Å². The second kappa shape index (κ2) is 4.85. The molecule has 1 heteroatoms. The largest absolute Gasteiger partial charge is 0.393 e. The van der Waals surface area contributed by atoms with Crippen molar-refractivity contribution in [2.75, 3.05) is 0 Å². The van der Waals surface area contributed by atoms with E-state index >= 15 is 0 Å². The third-order valence-corrected chi connectivity index (χ3v) is 8.31. The Morgan fingerprint density at radius 1 is 1.05 bits per heavy atom. The van der Waals surface area contributed by atoms with Gasteiger partial charge in [-0.05, 0) is 72.5 Å². The first kappa shape index (κ1) is 15.6. The van der Waals surface area contributed by atoms with Crippen molar-refractivity contribution in [3.05, 3.63) is 12.7 Å². The fourth-order valence-corrected chi connectivity index (χ4v) is 6.68. The molecule has 0 aromatic rings. The van der Waals surface area contributed by atoms with Gasteiger partial charge < -0.3 is 5.11 Å². The van der Waals surface area contributed by atoms with Crippen molar-refractivity contribution in [2.45, 2.75) is 78.7 Å². The predicted octanol–water partition coefficient (Wildman–Crippen LogP) is 5.19. The van der Waals surface area contributed by atoms with Crippen LogP contribution in [0.5, 0.6) is 0 Å². The van der Waals surface area contributed by atoms with Gasteiger partial charge in [0.25, 0.3) is 0 Å². The molecule has 21 heavy (non-hydrogen) atoms. The SMILES string of the molecule is C=C[C@]1(C)C[C@@H](O)[C@]2(C)C(C)CC[C@]3(CCC[C@H]32)[C@@H](C)C1. The molecular formula is C20H34O. The smallest absolute Gasteiger partial charge is 0.0607 e. The predicted molar refractivity (Wildman–Crippen MR) is 89.0 cm³/mol. The molecule has 0 saturated heterocycles. The lowest BCUT2D eigenvalue weighted by atomic mass is 9.44. The van der Waals surface area contributed by atoms with Gasteiger partial charge in [0.1, 0.15) is 0 Å². The van der Waals surface area contributed by atoms with E-state index in [0.29, 0.717) is 11.3 Å². The zero-order chi connectivity index (χ0) is 15.5. The molecule has 0 aromatic heterocycles. The first-order valence-corrected chi connectivity index (χ1v) is 9.10. The van der Waals surface area contributed by atoms with Crippen LogP contribution in [0.3, 0.4) is 0 Å². The van der Waals surface area contributed by atoms with Crippen molar-refractivity contribution in [1.29, 1.82) is 0 Å². The minimum atomic E-state index is -0.175. The van der Waals surface area contributed by atoms with Crippen molar-refractivity contribution in [1.82, 2.24) is 0 Å². The molecule has 0 heterocycles. The number of allylic oxidation sites excluding steroid dienone is 1. The molecule has 2 bridgehead atoms. The lowest BCUT2D eigenvalue weighted by Crippen LogP contribution is -2.57. The summed E-state index contributed by atoms with van der Waals surface area (Å²) in [5.41, 5.74) is 0.693. The Morgan fingerprint density at radius 3 is 2.43 bits per heavy atom. The summed E-state index contributed by atoms with van der Waals surface area (Å²) in [6.45, 7) is 13.7. The minimum Gasteiger partial charge on any atom is -0.393 e. The van der Waals surface area contributed by atoms with Crippen LogP contribution in [-0.4, -0.2) is 11.2 Å². The van der Waals surface area contributed by atoms with Gasteiger partial charge in [-0.3, -0.25) is 0 Å². The first-order chi connectivity index (χ1) is 9.78. The van der Waals surface area contributed by atoms with E-state index in [0.717, 1.165) is 18.3 Å². The highest BCUT2D eigenvalue weighted by molar-refractivity contribution is 5.13. The van der Waals surface area contributed by atoms with Gasteiger partial charge in [0.2, 0.25) is 0 Å². The fourth-order valence-electron chi connectivity index (χ4n) is 6.68. The van der Waals surface area contributed by atoms with Crippen LogP contribution in [0.25, 0.3) is 0 Å².